The molecule has 452 valence electrons. The van der Waals surface area contributed by atoms with Crippen LogP contribution in [-0.4, -0.2) is 141 Å². The summed E-state index contributed by atoms with van der Waals surface area (Å²) in [5, 5.41) is 33.3. The molecular formula is C56H93N15O10. The van der Waals surface area contributed by atoms with E-state index in [1.54, 1.807) is 75.7 Å². The van der Waals surface area contributed by atoms with Gasteiger partial charge in [0.25, 0.3) is 0 Å². The monoisotopic (exact) mass is 1140 g/mol. The highest BCUT2D eigenvalue weighted by molar-refractivity contribution is 5.93. The van der Waals surface area contributed by atoms with Crippen molar-refractivity contribution < 1.29 is 48.3 Å². The summed E-state index contributed by atoms with van der Waals surface area (Å²) in [6.45, 7) is 29.7. The van der Waals surface area contributed by atoms with E-state index in [4.69, 9.17) is 10.8 Å². The first-order valence-corrected chi connectivity index (χ1v) is 27.3. The van der Waals surface area contributed by atoms with Crippen molar-refractivity contribution in [3.8, 4) is 0 Å². The minimum Gasteiger partial charge on any atom is -0.394 e. The average molecular weight is 1140 g/mol. The van der Waals surface area contributed by atoms with Gasteiger partial charge in [0.2, 0.25) is 41.4 Å². The summed E-state index contributed by atoms with van der Waals surface area (Å²) in [6, 6.07) is 6.98. The predicted octanol–water partition coefficient (Wildman–Crippen LogP) is 3.72. The number of hydrogen-bond acceptors (Lipinski definition) is 14. The number of hydrogen-bond donors (Lipinski definition) is 11. The number of likely N-dealkylation sites (tertiary alicyclic amines) is 1. The van der Waals surface area contributed by atoms with Crippen LogP contribution in [-0.2, 0) is 40.1 Å². The maximum Gasteiger partial charge on any atom is 0.317 e. The molecule has 1 unspecified atom stereocenters. The summed E-state index contributed by atoms with van der Waals surface area (Å²) in [5.41, 5.74) is 8.88. The zero-order valence-corrected chi connectivity index (χ0v) is 50.2. The van der Waals surface area contributed by atoms with Gasteiger partial charge in [-0.15, -0.1) is 0 Å². The molecule has 2 fully saturated rings. The second-order valence-electron chi connectivity index (χ2n) is 20.8. The van der Waals surface area contributed by atoms with Crippen LogP contribution < -0.4 is 53.6 Å². The van der Waals surface area contributed by atoms with E-state index in [-0.39, 0.29) is 109 Å². The molecule has 3 aromatic heterocycles. The first-order valence-electron chi connectivity index (χ1n) is 27.3. The normalized spacial score (nSPS) is 12.5. The van der Waals surface area contributed by atoms with E-state index >= 15 is 0 Å². The number of amides is 11. The van der Waals surface area contributed by atoms with Crippen molar-refractivity contribution in [2.45, 2.75) is 141 Å². The van der Waals surface area contributed by atoms with Crippen LogP contribution in [0, 0.1) is 49.4 Å². The molecule has 0 bridgehead atoms. The topological polar surface area (TPSA) is 363 Å². The Kier molecular flexibility index (Phi) is 36.5. The molecule has 0 radical (unpaired) electrons. The lowest BCUT2D eigenvalue weighted by Crippen LogP contribution is -2.63. The van der Waals surface area contributed by atoms with Crippen molar-refractivity contribution in [3.63, 3.8) is 0 Å². The third kappa shape index (κ3) is 35.4. The highest BCUT2D eigenvalue weighted by Crippen LogP contribution is 2.20. The van der Waals surface area contributed by atoms with Crippen LogP contribution in [0.4, 0.5) is 21.0 Å². The first-order chi connectivity index (χ1) is 38.0. The van der Waals surface area contributed by atoms with E-state index in [9.17, 15) is 43.2 Å². The SMILES string of the molecule is CC(C)C(=O)NC1CN(C(=O)NC2CC2)C1.CC(C)C(=O)NCC(N)=O.CC(C)C(=O)Nc1ccncc1.CCNC(=O)NCC(CO)NC(=O)C(C)C.Cc1cnc(CNC(=O)C(C)C)cn1.Cc1ncccc1NC(=O)C(C)C. The molecule has 3 aromatic rings. The van der Waals surface area contributed by atoms with Gasteiger partial charge in [-0.3, -0.25) is 53.5 Å². The summed E-state index contributed by atoms with van der Waals surface area (Å²) in [7, 11) is 0. The molecule has 25 nitrogen and oxygen atoms in total. The molecule has 1 saturated carbocycles. The minimum atomic E-state index is -0.519. The molecule has 1 aliphatic heterocycles. The van der Waals surface area contributed by atoms with Gasteiger partial charge in [0, 0.05) is 98.2 Å². The smallest absolute Gasteiger partial charge is 0.317 e. The number of aliphatic hydroxyl groups is 1. The Morgan fingerprint density at radius 2 is 1.16 bits per heavy atom. The van der Waals surface area contributed by atoms with Crippen LogP contribution in [0.2, 0.25) is 0 Å². The Morgan fingerprint density at radius 1 is 0.617 bits per heavy atom. The van der Waals surface area contributed by atoms with E-state index in [2.05, 4.69) is 67.8 Å². The van der Waals surface area contributed by atoms with Crippen molar-refractivity contribution in [2.75, 3.05) is 50.0 Å². The average Bonchev–Trinajstić information content (AvgIpc) is 4.23. The number of aromatic nitrogens is 4. The largest absolute Gasteiger partial charge is 0.394 e. The predicted molar refractivity (Wildman–Crippen MR) is 311 cm³/mol. The van der Waals surface area contributed by atoms with E-state index in [0.29, 0.717) is 32.2 Å². The Bertz CT molecular complexity index is 2380. The second-order valence-corrected chi connectivity index (χ2v) is 20.8. The number of primary amides is 1. The Labute approximate surface area is 478 Å². The number of nitrogens with two attached hydrogens (primary N) is 1. The van der Waals surface area contributed by atoms with Gasteiger partial charge in [0.05, 0.1) is 60.7 Å². The van der Waals surface area contributed by atoms with E-state index < -0.39 is 11.9 Å². The summed E-state index contributed by atoms with van der Waals surface area (Å²) in [4.78, 5) is 118. The van der Waals surface area contributed by atoms with Gasteiger partial charge < -0.3 is 63.6 Å². The number of carbonyl (C=O) groups excluding carboxylic acids is 9. The fourth-order valence-electron chi connectivity index (χ4n) is 5.45. The van der Waals surface area contributed by atoms with Crippen LogP contribution in [0.1, 0.15) is 120 Å². The molecule has 1 saturated heterocycles. The third-order valence-corrected chi connectivity index (χ3v) is 10.9. The van der Waals surface area contributed by atoms with Crippen LogP contribution in [0.25, 0.3) is 0 Å². The zero-order valence-electron chi connectivity index (χ0n) is 50.2. The number of rotatable bonds is 19. The molecule has 0 spiro atoms. The van der Waals surface area contributed by atoms with Gasteiger partial charge in [0.1, 0.15) is 0 Å². The fraction of sp³-hybridized carbons (Fsp3) is 0.589. The van der Waals surface area contributed by atoms with Crippen molar-refractivity contribution in [2.24, 2.45) is 41.2 Å². The molecule has 11 amide bonds. The number of nitrogens with zero attached hydrogens (tertiary/aromatic N) is 5. The lowest BCUT2D eigenvalue weighted by atomic mass is 10.1. The Balaban J connectivity index is 0.000000954. The quantitative estimate of drug-likeness (QED) is 0.0816. The number of aliphatic hydroxyl groups excluding tert-OH is 1. The number of anilines is 2. The van der Waals surface area contributed by atoms with Gasteiger partial charge in [-0.1, -0.05) is 83.1 Å². The van der Waals surface area contributed by atoms with E-state index in [0.717, 1.165) is 41.3 Å². The summed E-state index contributed by atoms with van der Waals surface area (Å²) in [5.74, 6) is -0.875. The molecule has 1 aliphatic carbocycles. The lowest BCUT2D eigenvalue weighted by Gasteiger charge is -2.39. The number of nitrogens with one attached hydrogen (secondary N) is 9. The summed E-state index contributed by atoms with van der Waals surface area (Å²) >= 11 is 0. The van der Waals surface area contributed by atoms with Crippen LogP contribution in [0.15, 0.2) is 55.2 Å². The van der Waals surface area contributed by atoms with Crippen molar-refractivity contribution in [1.82, 2.24) is 62.1 Å². The zero-order chi connectivity index (χ0) is 61.8. The highest BCUT2D eigenvalue weighted by Gasteiger charge is 2.34. The van der Waals surface area contributed by atoms with E-state index in [1.165, 1.54) is 0 Å². The van der Waals surface area contributed by atoms with Gasteiger partial charge in [-0.2, -0.15) is 0 Å². The summed E-state index contributed by atoms with van der Waals surface area (Å²) < 4.78 is 0. The molecular weight excluding hydrogens is 1040 g/mol. The van der Waals surface area contributed by atoms with Crippen molar-refractivity contribution in [1.29, 1.82) is 0 Å². The first kappa shape index (κ1) is 73.2. The maximum atomic E-state index is 11.5. The van der Waals surface area contributed by atoms with Crippen LogP contribution in [0.3, 0.4) is 0 Å². The number of urea groups is 2. The van der Waals surface area contributed by atoms with Crippen molar-refractivity contribution in [3.05, 3.63) is 72.3 Å². The number of carbonyl (C=O) groups is 9. The molecule has 4 heterocycles. The van der Waals surface area contributed by atoms with Gasteiger partial charge in [-0.05, 0) is 57.9 Å². The Hall–Kier alpha value is -7.83. The molecule has 5 rings (SSSR count). The molecule has 2 aliphatic rings. The van der Waals surface area contributed by atoms with Crippen LogP contribution in [0.5, 0.6) is 0 Å². The molecule has 1 atom stereocenters. The molecule has 81 heavy (non-hydrogen) atoms. The Morgan fingerprint density at radius 3 is 1.63 bits per heavy atom. The maximum absolute atomic E-state index is 11.5. The second kappa shape index (κ2) is 40.4. The summed E-state index contributed by atoms with van der Waals surface area (Å²) in [6.07, 6.45) is 10.6. The molecule has 25 heteroatoms. The molecule has 12 N–H and O–H groups in total. The molecule has 0 aromatic carbocycles. The third-order valence-electron chi connectivity index (χ3n) is 10.9. The van der Waals surface area contributed by atoms with Gasteiger partial charge >= 0.3 is 12.1 Å². The standard InChI is InChI=1S/C11H19N3O2.C10H21N3O3.C10H15N3O.C10H14N2O.C9H12N2O.C6H12N2O2/c1-7(2)10(15)12-9-5-14(6-9)11(16)13-8-3-4-8;1-4-11-10(16)12-5-8(6-14)13-9(15)7(2)3;1-7(2)10(14)13-6-9-5-11-8(3)4-12-9;1-7(2)10(13)12-9-5-4-6-11-8(9)3;1-7(2)9(12)11-8-3-5-10-6-4-8;1-4(2)6(10)8-3-5(7)9/h7-9H,3-6H2,1-2H3,(H,12,15)(H,13,16);7-8,14H,4-6H2,1-3H3,(H,13,15)(H2,11,12,16);4-5,7H,6H2,1-3H3,(H,13,14);4-7H,1-3H3,(H,12,13);3-7H,1-2H3,(H,10,11,12);4H,3H2,1-2H3,(H2,7,9)(H,8,10). The highest BCUT2D eigenvalue weighted by atomic mass is 16.3. The lowest BCUT2D eigenvalue weighted by molar-refractivity contribution is -0.126. The number of pyridine rings is 2. The number of aryl methyl sites for hydroxylation is 2. The van der Waals surface area contributed by atoms with E-state index in [1.807, 2.05) is 88.3 Å². The van der Waals surface area contributed by atoms with Gasteiger partial charge in [0.15, 0.2) is 0 Å². The van der Waals surface area contributed by atoms with Gasteiger partial charge in [-0.25, -0.2) is 9.59 Å². The minimum absolute atomic E-state index is 0.000365. The van der Waals surface area contributed by atoms with Crippen LogP contribution >= 0.6 is 0 Å². The fourth-order valence-corrected chi connectivity index (χ4v) is 5.45. The van der Waals surface area contributed by atoms with Crippen molar-refractivity contribution >= 4 is 64.8 Å².